The molecule has 0 saturated heterocycles. The monoisotopic (exact) mass is 433 g/mol. The largest absolute Gasteiger partial charge is 0.325 e. The van der Waals surface area contributed by atoms with Crippen LogP contribution in [0.5, 0.6) is 0 Å². The molecule has 146 valence electrons. The van der Waals surface area contributed by atoms with Crippen molar-refractivity contribution in [3.05, 3.63) is 55.4 Å². The number of fused-ring (bicyclic) bond motifs is 3. The van der Waals surface area contributed by atoms with Gasteiger partial charge >= 0.3 is 0 Å². The molecule has 0 saturated carbocycles. The van der Waals surface area contributed by atoms with Gasteiger partial charge in [-0.15, -0.1) is 23.1 Å². The molecular formula is C20H20ClN3O2S2. The second-order valence-electron chi connectivity index (χ2n) is 6.91. The first-order chi connectivity index (χ1) is 13.5. The number of aromatic nitrogens is 2. The van der Waals surface area contributed by atoms with E-state index in [1.54, 1.807) is 17.4 Å². The first-order valence-electron chi connectivity index (χ1n) is 9.18. The lowest BCUT2D eigenvalue weighted by atomic mass is 9.97. The van der Waals surface area contributed by atoms with Crippen molar-refractivity contribution in [3.8, 4) is 0 Å². The van der Waals surface area contributed by atoms with E-state index in [9.17, 15) is 9.59 Å². The van der Waals surface area contributed by atoms with Gasteiger partial charge in [-0.1, -0.05) is 17.7 Å². The van der Waals surface area contributed by atoms with Crippen molar-refractivity contribution in [1.29, 1.82) is 0 Å². The number of thiophene rings is 1. The predicted molar refractivity (Wildman–Crippen MR) is 118 cm³/mol. The molecule has 2 N–H and O–H groups in total. The molecule has 0 aliphatic heterocycles. The second kappa shape index (κ2) is 8.27. The van der Waals surface area contributed by atoms with Crippen LogP contribution in [0.25, 0.3) is 10.2 Å². The van der Waals surface area contributed by atoms with E-state index in [4.69, 9.17) is 11.6 Å². The summed E-state index contributed by atoms with van der Waals surface area (Å²) in [4.78, 5) is 34.3. The number of nitrogens with zero attached hydrogens (tertiary/aromatic N) is 1. The minimum absolute atomic E-state index is 0.0567. The number of carbonyl (C=O) groups excluding carboxylic acids is 1. The summed E-state index contributed by atoms with van der Waals surface area (Å²) in [5.74, 6) is 1.26. The van der Waals surface area contributed by atoms with Gasteiger partial charge in [0.15, 0.2) is 0 Å². The fourth-order valence-electron chi connectivity index (χ4n) is 3.38. The van der Waals surface area contributed by atoms with Crippen LogP contribution in [0.1, 0.15) is 34.7 Å². The van der Waals surface area contributed by atoms with Gasteiger partial charge < -0.3 is 10.3 Å². The van der Waals surface area contributed by atoms with Crippen molar-refractivity contribution in [3.63, 3.8) is 0 Å². The van der Waals surface area contributed by atoms with Crippen LogP contribution >= 0.6 is 34.7 Å². The number of anilines is 1. The number of rotatable bonds is 5. The third-order valence-corrected chi connectivity index (χ3v) is 7.34. The summed E-state index contributed by atoms with van der Waals surface area (Å²) in [6.07, 6.45) is 4.33. The Balaban J connectivity index is 1.39. The zero-order valence-electron chi connectivity index (χ0n) is 15.4. The SMILES string of the molecule is Cc1ccc(NC(=O)CSCc2nc3sc4c(c3c(=O)[nH]2)CCCC4)cc1Cl. The number of aromatic amines is 1. The molecular weight excluding hydrogens is 414 g/mol. The predicted octanol–water partition coefficient (Wildman–Crippen LogP) is 4.70. The van der Waals surface area contributed by atoms with E-state index in [2.05, 4.69) is 15.3 Å². The quantitative estimate of drug-likeness (QED) is 0.611. The number of carbonyl (C=O) groups is 1. The maximum atomic E-state index is 12.5. The number of H-pyrrole nitrogens is 1. The van der Waals surface area contributed by atoms with Gasteiger partial charge in [0.1, 0.15) is 10.7 Å². The molecule has 1 aromatic carbocycles. The average molecular weight is 434 g/mol. The van der Waals surface area contributed by atoms with E-state index in [0.29, 0.717) is 22.3 Å². The first kappa shape index (κ1) is 19.5. The van der Waals surface area contributed by atoms with Gasteiger partial charge in [-0.3, -0.25) is 9.59 Å². The van der Waals surface area contributed by atoms with Crippen LogP contribution in [-0.2, 0) is 23.4 Å². The fraction of sp³-hybridized carbons (Fsp3) is 0.350. The summed E-state index contributed by atoms with van der Waals surface area (Å²) in [5.41, 5.74) is 2.78. The Kier molecular flexibility index (Phi) is 5.75. The van der Waals surface area contributed by atoms with Gasteiger partial charge in [0.2, 0.25) is 5.91 Å². The number of aryl methyl sites for hydroxylation is 3. The highest BCUT2D eigenvalue weighted by molar-refractivity contribution is 7.99. The number of hydrogen-bond acceptors (Lipinski definition) is 5. The minimum Gasteiger partial charge on any atom is -0.325 e. The zero-order chi connectivity index (χ0) is 19.7. The summed E-state index contributed by atoms with van der Waals surface area (Å²) in [6.45, 7) is 1.92. The molecule has 0 unspecified atom stereocenters. The number of nitrogens with one attached hydrogen (secondary N) is 2. The van der Waals surface area contributed by atoms with E-state index in [0.717, 1.165) is 35.0 Å². The third kappa shape index (κ3) is 4.11. The Labute approximate surface area is 175 Å². The van der Waals surface area contributed by atoms with E-state index in [-0.39, 0.29) is 17.2 Å². The first-order valence-corrected chi connectivity index (χ1v) is 11.5. The van der Waals surface area contributed by atoms with Gasteiger partial charge in [-0.2, -0.15) is 0 Å². The van der Waals surface area contributed by atoms with E-state index in [1.807, 2.05) is 19.1 Å². The smallest absolute Gasteiger partial charge is 0.259 e. The summed E-state index contributed by atoms with van der Waals surface area (Å²) in [7, 11) is 0. The van der Waals surface area contributed by atoms with Crippen molar-refractivity contribution < 1.29 is 4.79 Å². The highest BCUT2D eigenvalue weighted by Gasteiger charge is 2.19. The second-order valence-corrected chi connectivity index (χ2v) is 9.39. The van der Waals surface area contributed by atoms with Gasteiger partial charge in [0.25, 0.3) is 5.56 Å². The molecule has 0 atom stereocenters. The molecule has 1 amide bonds. The molecule has 2 aromatic heterocycles. The molecule has 4 rings (SSSR count). The number of hydrogen-bond donors (Lipinski definition) is 2. The van der Waals surface area contributed by atoms with Crippen molar-refractivity contribution in [2.75, 3.05) is 11.1 Å². The van der Waals surface area contributed by atoms with Gasteiger partial charge in [-0.25, -0.2) is 4.98 Å². The number of amides is 1. The summed E-state index contributed by atoms with van der Waals surface area (Å²) in [6, 6.07) is 5.44. The number of thioether (sulfide) groups is 1. The van der Waals surface area contributed by atoms with Crippen LogP contribution in [0.3, 0.4) is 0 Å². The third-order valence-electron chi connectivity index (χ3n) is 4.80. The molecule has 0 radical (unpaired) electrons. The Morgan fingerprint density at radius 3 is 3.00 bits per heavy atom. The average Bonchev–Trinajstić information content (AvgIpc) is 3.03. The molecule has 1 aliphatic carbocycles. The minimum atomic E-state index is -0.111. The molecule has 5 nitrogen and oxygen atoms in total. The fourth-order valence-corrected chi connectivity index (χ4v) is 5.54. The Hall–Kier alpha value is -1.83. The lowest BCUT2D eigenvalue weighted by Gasteiger charge is -2.09. The highest BCUT2D eigenvalue weighted by Crippen LogP contribution is 2.33. The summed E-state index contributed by atoms with van der Waals surface area (Å²) in [5, 5.41) is 4.23. The summed E-state index contributed by atoms with van der Waals surface area (Å²) < 4.78 is 0. The standard InChI is InChI=1S/C20H20ClN3O2S2/c1-11-6-7-12(8-14(11)21)22-17(25)10-27-9-16-23-19(26)18-13-4-2-3-5-15(13)28-20(18)24-16/h6-8H,2-5,9-10H2,1H3,(H,22,25)(H,23,24,26). The van der Waals surface area contributed by atoms with Gasteiger partial charge in [0.05, 0.1) is 16.9 Å². The van der Waals surface area contributed by atoms with Crippen LogP contribution in [0.4, 0.5) is 5.69 Å². The number of halogens is 1. The van der Waals surface area contributed by atoms with Gasteiger partial charge in [-0.05, 0) is 55.9 Å². The Morgan fingerprint density at radius 1 is 1.36 bits per heavy atom. The maximum Gasteiger partial charge on any atom is 0.259 e. The van der Waals surface area contributed by atoms with Crippen molar-refractivity contribution >= 4 is 56.5 Å². The lowest BCUT2D eigenvalue weighted by molar-refractivity contribution is -0.113. The van der Waals surface area contributed by atoms with Crippen LogP contribution in [0.2, 0.25) is 5.02 Å². The topological polar surface area (TPSA) is 74.8 Å². The van der Waals surface area contributed by atoms with Crippen LogP contribution in [0, 0.1) is 6.92 Å². The maximum absolute atomic E-state index is 12.5. The van der Waals surface area contributed by atoms with Crippen LogP contribution < -0.4 is 10.9 Å². The molecule has 0 fully saturated rings. The normalized spacial score (nSPS) is 13.5. The highest BCUT2D eigenvalue weighted by atomic mass is 35.5. The van der Waals surface area contributed by atoms with E-state index in [1.165, 1.54) is 28.6 Å². The molecule has 0 bridgehead atoms. The molecule has 28 heavy (non-hydrogen) atoms. The molecule has 3 aromatic rings. The van der Waals surface area contributed by atoms with Crippen LogP contribution in [0.15, 0.2) is 23.0 Å². The van der Waals surface area contributed by atoms with Crippen molar-refractivity contribution in [2.24, 2.45) is 0 Å². The Bertz CT molecular complexity index is 1110. The zero-order valence-corrected chi connectivity index (χ0v) is 17.8. The number of benzene rings is 1. The molecule has 1 aliphatic rings. The lowest BCUT2D eigenvalue weighted by Crippen LogP contribution is -2.15. The molecule has 8 heteroatoms. The van der Waals surface area contributed by atoms with E-state index < -0.39 is 0 Å². The summed E-state index contributed by atoms with van der Waals surface area (Å²) >= 11 is 9.14. The molecule has 2 heterocycles. The molecule has 0 spiro atoms. The van der Waals surface area contributed by atoms with Crippen molar-refractivity contribution in [1.82, 2.24) is 9.97 Å². The van der Waals surface area contributed by atoms with Crippen molar-refractivity contribution in [2.45, 2.75) is 38.4 Å². The Morgan fingerprint density at radius 2 is 2.18 bits per heavy atom. The van der Waals surface area contributed by atoms with E-state index >= 15 is 0 Å². The van der Waals surface area contributed by atoms with Crippen LogP contribution in [-0.4, -0.2) is 21.6 Å². The van der Waals surface area contributed by atoms with Gasteiger partial charge in [0, 0.05) is 15.6 Å².